The number of cyclic esters (lactones) is 1. The van der Waals surface area contributed by atoms with Gasteiger partial charge in [-0.2, -0.15) is 0 Å². The molecule has 7 aliphatic heterocycles. The average Bonchev–Trinajstić information content (AvgIpc) is 4.21. The van der Waals surface area contributed by atoms with E-state index in [4.69, 9.17) is 14.5 Å². The van der Waals surface area contributed by atoms with Crippen LogP contribution in [-0.2, 0) is 54.7 Å². The number of aryl methyl sites for hydroxylation is 1. The molecule has 0 radical (unpaired) electrons. The number of likely N-dealkylation sites (tertiary alicyclic amines) is 2. The van der Waals surface area contributed by atoms with Crippen LogP contribution in [0.25, 0.3) is 33.3 Å². The zero-order valence-electron chi connectivity index (χ0n) is 49.2. The number of nitrogens with one attached hydrogen (secondary N) is 3. The smallest absolute Gasteiger partial charge is 0.324 e. The van der Waals surface area contributed by atoms with Crippen LogP contribution in [0.2, 0.25) is 0 Å². The van der Waals surface area contributed by atoms with Crippen molar-refractivity contribution in [1.82, 2.24) is 45.3 Å². The van der Waals surface area contributed by atoms with Crippen LogP contribution < -0.4 is 21.0 Å². The predicted molar refractivity (Wildman–Crippen MR) is 314 cm³/mol. The Bertz CT molecular complexity index is 3100. The molecule has 2 saturated carbocycles. The number of ether oxygens (including phenoxy) is 2. The topological polar surface area (TPSA) is 167 Å². The highest BCUT2D eigenvalue weighted by Crippen LogP contribution is 2.47. The highest BCUT2D eigenvalue weighted by Gasteiger charge is 2.55. The van der Waals surface area contributed by atoms with Crippen LogP contribution in [0.1, 0.15) is 133 Å². The lowest BCUT2D eigenvalue weighted by Crippen LogP contribution is -2.62. The Balaban J connectivity index is 0.858. The van der Waals surface area contributed by atoms with Gasteiger partial charge in [-0.3, -0.25) is 44.3 Å². The van der Waals surface area contributed by atoms with Crippen molar-refractivity contribution in [3.8, 4) is 22.4 Å². The fourth-order valence-electron chi connectivity index (χ4n) is 16.0. The van der Waals surface area contributed by atoms with Crippen LogP contribution in [0.15, 0.2) is 48.7 Å². The largest absolute Gasteiger partial charge is 0.464 e. The highest BCUT2D eigenvalue weighted by atomic mass is 19.1. The van der Waals surface area contributed by atoms with Crippen molar-refractivity contribution in [2.45, 2.75) is 173 Å². The van der Waals surface area contributed by atoms with E-state index < -0.39 is 36.2 Å². The molecule has 440 valence electrons. The van der Waals surface area contributed by atoms with Crippen LogP contribution in [-0.4, -0.2) is 162 Å². The summed E-state index contributed by atoms with van der Waals surface area (Å²) in [6.45, 7) is 16.0. The normalized spacial score (nSPS) is 28.9. The number of nitrogens with zero attached hydrogens (tertiary/aromatic N) is 7. The zero-order valence-corrected chi connectivity index (χ0v) is 49.2. The summed E-state index contributed by atoms with van der Waals surface area (Å²) in [5, 5.41) is 9.39. The molecule has 9 aliphatic rings. The molecule has 2 aromatic carbocycles. The summed E-state index contributed by atoms with van der Waals surface area (Å²) in [4.78, 5) is 73.5. The minimum atomic E-state index is -1.02. The number of piperazine rings is 1. The second-order valence-corrected chi connectivity index (χ2v) is 27.0. The number of aromatic nitrogens is 2. The number of methoxy groups -OCH3 is 1. The molecule has 9 heterocycles. The maximum atomic E-state index is 15.4. The first-order chi connectivity index (χ1) is 39.7. The summed E-state index contributed by atoms with van der Waals surface area (Å²) in [6, 6.07) is 13.2. The minimum Gasteiger partial charge on any atom is -0.464 e. The molecule has 3 N–H and O–H groups in total. The summed E-state index contributed by atoms with van der Waals surface area (Å²) in [6.07, 6.45) is 14.1. The first-order valence-electron chi connectivity index (χ1n) is 31.4. The fraction of sp³-hybridized carbons (Fsp3) is 0.646. The molecule has 17 heteroatoms. The lowest BCUT2D eigenvalue weighted by Gasteiger charge is -2.39. The van der Waals surface area contributed by atoms with Crippen molar-refractivity contribution in [2.24, 2.45) is 22.7 Å². The van der Waals surface area contributed by atoms with Gasteiger partial charge < -0.3 is 29.2 Å². The van der Waals surface area contributed by atoms with Crippen molar-refractivity contribution in [3.05, 3.63) is 71.0 Å². The molecule has 0 unspecified atom stereocenters. The van der Waals surface area contributed by atoms with E-state index in [0.29, 0.717) is 62.5 Å². The van der Waals surface area contributed by atoms with E-state index in [0.717, 1.165) is 140 Å². The number of esters is 1. The lowest BCUT2D eigenvalue weighted by molar-refractivity contribution is -0.155. The molecular formula is C65H87FN10O6. The van der Waals surface area contributed by atoms with Gasteiger partial charge in [0, 0.05) is 105 Å². The third-order valence-electron chi connectivity index (χ3n) is 20.7. The van der Waals surface area contributed by atoms with Crippen molar-refractivity contribution in [2.75, 3.05) is 77.5 Å². The number of amides is 3. The van der Waals surface area contributed by atoms with Gasteiger partial charge in [-0.15, -0.1) is 0 Å². The highest BCUT2D eigenvalue weighted by molar-refractivity contribution is 5.96. The number of pyridine rings is 1. The molecule has 4 aromatic rings. The van der Waals surface area contributed by atoms with Gasteiger partial charge in [-0.1, -0.05) is 44.9 Å². The van der Waals surface area contributed by atoms with Crippen molar-refractivity contribution in [1.29, 1.82) is 0 Å². The van der Waals surface area contributed by atoms with Crippen LogP contribution in [0.3, 0.4) is 0 Å². The van der Waals surface area contributed by atoms with Gasteiger partial charge in [0.05, 0.1) is 42.0 Å². The van der Waals surface area contributed by atoms with Gasteiger partial charge in [0.1, 0.15) is 24.8 Å². The molecule has 1 spiro atoms. The van der Waals surface area contributed by atoms with E-state index in [1.165, 1.54) is 30.7 Å². The predicted octanol–water partition coefficient (Wildman–Crippen LogP) is 7.73. The van der Waals surface area contributed by atoms with Gasteiger partial charge >= 0.3 is 5.97 Å². The Labute approximate surface area is 483 Å². The number of alkyl halides is 1. The van der Waals surface area contributed by atoms with Gasteiger partial charge in [0.15, 0.2) is 0 Å². The van der Waals surface area contributed by atoms with E-state index in [2.05, 4.69) is 98.3 Å². The first kappa shape index (κ1) is 55.7. The Morgan fingerprint density at radius 3 is 2.52 bits per heavy atom. The van der Waals surface area contributed by atoms with Gasteiger partial charge in [0.25, 0.3) is 5.91 Å². The van der Waals surface area contributed by atoms with Gasteiger partial charge in [0.2, 0.25) is 11.8 Å². The Morgan fingerprint density at radius 1 is 0.915 bits per heavy atom. The fourth-order valence-corrected chi connectivity index (χ4v) is 16.0. The molecule has 8 atom stereocenters. The number of fused-ring (bicyclic) bond motifs is 7. The maximum Gasteiger partial charge on any atom is 0.324 e. The molecule has 6 saturated heterocycles. The summed E-state index contributed by atoms with van der Waals surface area (Å²) < 4.78 is 30.2. The molecule has 13 rings (SSSR count). The van der Waals surface area contributed by atoms with Crippen LogP contribution in [0.5, 0.6) is 0 Å². The van der Waals surface area contributed by atoms with E-state index in [1.807, 2.05) is 18.3 Å². The zero-order chi connectivity index (χ0) is 56.6. The number of carbonyl (C=O) groups excluding carboxylic acids is 4. The number of rotatable bonds is 12. The molecule has 2 aliphatic carbocycles. The summed E-state index contributed by atoms with van der Waals surface area (Å²) >= 11 is 0. The summed E-state index contributed by atoms with van der Waals surface area (Å²) in [7, 11) is 1.73. The Kier molecular flexibility index (Phi) is 15.3. The summed E-state index contributed by atoms with van der Waals surface area (Å²) in [5.41, 5.74) is 11.8. The molecule has 82 heavy (non-hydrogen) atoms. The SMILES string of the molecule is CCn1c(-c2cc(N3CCN4CCC[C@@H]4C3)cnc2[C@H](C)OC)c2c3cc(ccc31)-c1cc(CF)cc(c1)C[C@H](NC(=O)[C@H](C1CCCC1)N1CC[C@]3(CCN(C(=O)[C@@H]4N[C@@H]4C4CC4)C3)C1)C(=O)N1CCC[C@H](N1)C(=O)OCC(C)(C)C2. The van der Waals surface area contributed by atoms with Gasteiger partial charge in [-0.05, 0) is 161 Å². The van der Waals surface area contributed by atoms with E-state index in [9.17, 15) is 9.59 Å². The number of hydrogen-bond donors (Lipinski definition) is 3. The number of halogens is 1. The molecule has 6 bridgehead atoms. The van der Waals surface area contributed by atoms with Gasteiger partial charge in [-0.25, -0.2) is 9.82 Å². The minimum absolute atomic E-state index is 0.0472. The molecule has 3 amide bonds. The van der Waals surface area contributed by atoms with Crippen LogP contribution in [0.4, 0.5) is 10.1 Å². The van der Waals surface area contributed by atoms with E-state index in [-0.39, 0.29) is 54.2 Å². The number of hydrogen-bond acceptors (Lipinski definition) is 12. The Morgan fingerprint density at radius 2 is 1.73 bits per heavy atom. The second-order valence-electron chi connectivity index (χ2n) is 27.0. The number of carbonyl (C=O) groups is 4. The monoisotopic (exact) mass is 1120 g/mol. The first-order valence-corrected chi connectivity index (χ1v) is 31.4. The van der Waals surface area contributed by atoms with Crippen molar-refractivity contribution in [3.63, 3.8) is 0 Å². The standard InChI is InChI=1S/C65H87FN10O6/c1-6-75-54-18-17-45-31-49(54)51(59(75)50-32-48(35-67-55(50)40(2)81-5)72-26-25-71-21-9-13-47(71)36-72)33-64(3,4)39-82-63(80)52-14-10-22-76(70-52)61(78)53(30-41-27-42(34-66)29-46(45)28-41)68-60(77)58(44-11-7-8-12-44)73-23-19-65(37-73)20-24-74(38-65)62(79)57-56(69-57)43-15-16-43/h17-18,27-29,31-32,35,40,43-44,47,52-53,56-58,69-70H,6-16,19-26,30,33-34,36-39H2,1-5H3,(H,68,77)/t40-,47+,52-,53-,56+,57+,58-,65-/m0/s1. The number of hydrazine groups is 1. The molecule has 2 aromatic heterocycles. The maximum absolute atomic E-state index is 15.4. The van der Waals surface area contributed by atoms with E-state index >= 15 is 14.0 Å². The molecular weight excluding hydrogens is 1040 g/mol. The van der Waals surface area contributed by atoms with Crippen molar-refractivity contribution >= 4 is 40.3 Å². The lowest BCUT2D eigenvalue weighted by atomic mass is 9.84. The van der Waals surface area contributed by atoms with Crippen LogP contribution in [0, 0.1) is 22.7 Å². The summed E-state index contributed by atoms with van der Waals surface area (Å²) in [5.74, 6) is 0.0722. The third-order valence-corrected chi connectivity index (χ3v) is 20.7. The van der Waals surface area contributed by atoms with E-state index in [1.54, 1.807) is 7.11 Å². The third kappa shape index (κ3) is 10.9. The average molecular weight is 1120 g/mol. The second kappa shape index (κ2) is 22.5. The number of benzene rings is 2. The number of anilines is 1. The van der Waals surface area contributed by atoms with Crippen molar-refractivity contribution < 1.29 is 33.0 Å². The molecule has 8 fully saturated rings. The van der Waals surface area contributed by atoms with Crippen LogP contribution >= 0.6 is 0 Å². The quantitative estimate of drug-likeness (QED) is 0.0935. The molecule has 16 nitrogen and oxygen atoms in total. The Hall–Kier alpha value is -5.46.